The van der Waals surface area contributed by atoms with Gasteiger partial charge in [-0.2, -0.15) is 0 Å². The molecule has 0 aromatic heterocycles. The second-order valence-electron chi connectivity index (χ2n) is 5.51. The van der Waals surface area contributed by atoms with Crippen LogP contribution in [0.15, 0.2) is 0 Å². The van der Waals surface area contributed by atoms with E-state index in [0.29, 0.717) is 10.8 Å². The molecule has 3 atom stereocenters. The van der Waals surface area contributed by atoms with Gasteiger partial charge in [0.2, 0.25) is 0 Å². The first-order valence-electron chi connectivity index (χ1n) is 5.17. The maximum Gasteiger partial charge on any atom is 0.0571 e. The molecule has 2 aliphatic carbocycles. The van der Waals surface area contributed by atoms with Crippen molar-refractivity contribution in [2.24, 2.45) is 16.7 Å². The third-order valence-electron chi connectivity index (χ3n) is 4.36. The largest absolute Gasteiger partial charge is 0.393 e. The zero-order chi connectivity index (χ0) is 8.98. The molecule has 12 heavy (non-hydrogen) atoms. The molecule has 2 aliphatic rings. The summed E-state index contributed by atoms with van der Waals surface area (Å²) in [7, 11) is 0. The Kier molecular flexibility index (Phi) is 1.61. The van der Waals surface area contributed by atoms with E-state index in [4.69, 9.17) is 0 Å². The van der Waals surface area contributed by atoms with Gasteiger partial charge >= 0.3 is 0 Å². The smallest absolute Gasteiger partial charge is 0.0571 e. The van der Waals surface area contributed by atoms with Crippen molar-refractivity contribution in [2.75, 3.05) is 0 Å². The Hall–Kier alpha value is -0.0400. The third-order valence-corrected chi connectivity index (χ3v) is 4.36. The van der Waals surface area contributed by atoms with Crippen molar-refractivity contribution in [3.8, 4) is 0 Å². The highest BCUT2D eigenvalue weighted by Crippen LogP contribution is 2.69. The predicted molar refractivity (Wildman–Crippen MR) is 49.9 cm³/mol. The first-order valence-corrected chi connectivity index (χ1v) is 5.17. The normalized spacial score (nSPS) is 46.5. The predicted octanol–water partition coefficient (Wildman–Crippen LogP) is 2.58. The van der Waals surface area contributed by atoms with Crippen molar-refractivity contribution < 1.29 is 5.11 Å². The fourth-order valence-electron chi connectivity index (χ4n) is 3.37. The summed E-state index contributed by atoms with van der Waals surface area (Å²) in [6.07, 6.45) is 5.12. The van der Waals surface area contributed by atoms with Crippen LogP contribution < -0.4 is 0 Å². The fourth-order valence-corrected chi connectivity index (χ4v) is 3.37. The zero-order valence-corrected chi connectivity index (χ0v) is 8.43. The van der Waals surface area contributed by atoms with Gasteiger partial charge in [0.05, 0.1) is 6.10 Å². The minimum Gasteiger partial charge on any atom is -0.393 e. The van der Waals surface area contributed by atoms with Gasteiger partial charge in [-0.3, -0.25) is 0 Å². The molecular formula is C11H20O. The first kappa shape index (κ1) is 8.55. The molecule has 0 aromatic carbocycles. The molecule has 3 unspecified atom stereocenters. The Morgan fingerprint density at radius 1 is 1.33 bits per heavy atom. The highest BCUT2D eigenvalue weighted by Gasteiger charge is 2.63. The van der Waals surface area contributed by atoms with Crippen LogP contribution in [0.4, 0.5) is 0 Å². The van der Waals surface area contributed by atoms with Crippen LogP contribution in [0.1, 0.15) is 46.5 Å². The first-order chi connectivity index (χ1) is 5.49. The van der Waals surface area contributed by atoms with Crippen LogP contribution in [0, 0.1) is 16.7 Å². The molecule has 0 amide bonds. The van der Waals surface area contributed by atoms with Gasteiger partial charge in [0.25, 0.3) is 0 Å². The minimum absolute atomic E-state index is 0.0814. The Balaban J connectivity index is 2.16. The third kappa shape index (κ3) is 0.953. The lowest BCUT2D eigenvalue weighted by atomic mass is 9.71. The lowest BCUT2D eigenvalue weighted by Crippen LogP contribution is -2.31. The summed E-state index contributed by atoms with van der Waals surface area (Å²) in [5.74, 6) is 0.804. The molecule has 2 rings (SSSR count). The molecule has 0 bridgehead atoms. The van der Waals surface area contributed by atoms with E-state index in [1.807, 2.05) is 6.92 Å². The molecule has 0 aliphatic heterocycles. The second kappa shape index (κ2) is 2.25. The number of hydrogen-bond acceptors (Lipinski definition) is 1. The Morgan fingerprint density at radius 2 is 2.00 bits per heavy atom. The maximum absolute atomic E-state index is 9.71. The van der Waals surface area contributed by atoms with Gasteiger partial charge in [0, 0.05) is 0 Å². The molecule has 0 saturated heterocycles. The van der Waals surface area contributed by atoms with Gasteiger partial charge in [0.1, 0.15) is 0 Å². The summed E-state index contributed by atoms with van der Waals surface area (Å²) in [6.45, 7) is 6.70. The number of aliphatic hydroxyl groups is 1. The van der Waals surface area contributed by atoms with Crippen LogP contribution in [0.2, 0.25) is 0 Å². The molecule has 0 radical (unpaired) electrons. The van der Waals surface area contributed by atoms with Crippen LogP contribution in [-0.2, 0) is 0 Å². The number of hydrogen-bond donors (Lipinski definition) is 1. The van der Waals surface area contributed by atoms with E-state index >= 15 is 0 Å². The standard InChI is InChI=1S/C11H20O/c1-8(12)11-6-4-5-10(2,3)9(11)7-11/h8-9,12H,4-7H2,1-3H3. The summed E-state index contributed by atoms with van der Waals surface area (Å²) in [5, 5.41) is 9.71. The van der Waals surface area contributed by atoms with Gasteiger partial charge in [-0.25, -0.2) is 0 Å². The summed E-state index contributed by atoms with van der Waals surface area (Å²) < 4.78 is 0. The van der Waals surface area contributed by atoms with Gasteiger partial charge in [-0.15, -0.1) is 0 Å². The van der Waals surface area contributed by atoms with Crippen LogP contribution in [-0.4, -0.2) is 11.2 Å². The lowest BCUT2D eigenvalue weighted by Gasteiger charge is -2.35. The second-order valence-corrected chi connectivity index (χ2v) is 5.51. The quantitative estimate of drug-likeness (QED) is 0.638. The zero-order valence-electron chi connectivity index (χ0n) is 8.43. The summed E-state index contributed by atoms with van der Waals surface area (Å²) in [6, 6.07) is 0. The summed E-state index contributed by atoms with van der Waals surface area (Å²) in [4.78, 5) is 0. The van der Waals surface area contributed by atoms with Gasteiger partial charge < -0.3 is 5.11 Å². The van der Waals surface area contributed by atoms with Crippen LogP contribution in [0.3, 0.4) is 0 Å². The maximum atomic E-state index is 9.71. The van der Waals surface area contributed by atoms with Crippen molar-refractivity contribution in [1.29, 1.82) is 0 Å². The van der Waals surface area contributed by atoms with Crippen LogP contribution >= 0.6 is 0 Å². The molecule has 0 heterocycles. The van der Waals surface area contributed by atoms with E-state index in [1.54, 1.807) is 0 Å². The Morgan fingerprint density at radius 3 is 2.50 bits per heavy atom. The minimum atomic E-state index is -0.0814. The van der Waals surface area contributed by atoms with E-state index in [2.05, 4.69) is 13.8 Å². The fraction of sp³-hybridized carbons (Fsp3) is 1.00. The van der Waals surface area contributed by atoms with E-state index in [0.717, 1.165) is 5.92 Å². The van der Waals surface area contributed by atoms with E-state index in [9.17, 15) is 5.11 Å². The van der Waals surface area contributed by atoms with Crippen molar-refractivity contribution in [3.63, 3.8) is 0 Å². The van der Waals surface area contributed by atoms with E-state index in [1.165, 1.54) is 25.7 Å². The van der Waals surface area contributed by atoms with Crippen molar-refractivity contribution >= 4 is 0 Å². The number of fused-ring (bicyclic) bond motifs is 1. The molecule has 2 saturated carbocycles. The molecule has 2 fully saturated rings. The summed E-state index contributed by atoms with van der Waals surface area (Å²) in [5.41, 5.74) is 0.830. The molecule has 1 N–H and O–H groups in total. The van der Waals surface area contributed by atoms with Crippen LogP contribution in [0.5, 0.6) is 0 Å². The topological polar surface area (TPSA) is 20.2 Å². The SMILES string of the molecule is CC(O)C12CCCC(C)(C)C1C2. The van der Waals surface area contributed by atoms with Crippen LogP contribution in [0.25, 0.3) is 0 Å². The molecule has 70 valence electrons. The average molecular weight is 168 g/mol. The molecule has 1 heteroatoms. The van der Waals surface area contributed by atoms with E-state index in [-0.39, 0.29) is 6.10 Å². The monoisotopic (exact) mass is 168 g/mol. The van der Waals surface area contributed by atoms with Gasteiger partial charge in [-0.1, -0.05) is 20.3 Å². The van der Waals surface area contributed by atoms with Gasteiger partial charge in [-0.05, 0) is 42.9 Å². The van der Waals surface area contributed by atoms with Crippen molar-refractivity contribution in [3.05, 3.63) is 0 Å². The molecule has 0 aromatic rings. The molecule has 0 spiro atoms. The highest BCUT2D eigenvalue weighted by atomic mass is 16.3. The number of aliphatic hydroxyl groups excluding tert-OH is 1. The lowest BCUT2D eigenvalue weighted by molar-refractivity contribution is 0.0471. The average Bonchev–Trinajstić information content (AvgIpc) is 2.63. The number of rotatable bonds is 1. The van der Waals surface area contributed by atoms with E-state index < -0.39 is 0 Å². The Labute approximate surface area is 75.2 Å². The summed E-state index contributed by atoms with van der Waals surface area (Å²) >= 11 is 0. The molecule has 1 nitrogen and oxygen atoms in total. The van der Waals surface area contributed by atoms with Gasteiger partial charge in [0.15, 0.2) is 0 Å². The van der Waals surface area contributed by atoms with Crippen molar-refractivity contribution in [1.82, 2.24) is 0 Å². The Bertz CT molecular complexity index is 195. The molecular weight excluding hydrogens is 148 g/mol. The van der Waals surface area contributed by atoms with Crippen molar-refractivity contribution in [2.45, 2.75) is 52.6 Å². The highest BCUT2D eigenvalue weighted by molar-refractivity contribution is 5.12.